The normalized spacial score (nSPS) is 17.9. The van der Waals surface area contributed by atoms with Crippen LogP contribution in [0, 0.1) is 13.8 Å². The van der Waals surface area contributed by atoms with Gasteiger partial charge in [-0.3, -0.25) is 9.59 Å². The van der Waals surface area contributed by atoms with E-state index in [4.69, 9.17) is 4.74 Å². The van der Waals surface area contributed by atoms with Gasteiger partial charge in [-0.15, -0.1) is 0 Å². The van der Waals surface area contributed by atoms with E-state index < -0.39 is 0 Å². The van der Waals surface area contributed by atoms with Crippen molar-refractivity contribution in [3.05, 3.63) is 64.2 Å². The van der Waals surface area contributed by atoms with Crippen molar-refractivity contribution in [2.24, 2.45) is 0 Å². The van der Waals surface area contributed by atoms with Crippen LogP contribution in [0.25, 0.3) is 0 Å². The maximum absolute atomic E-state index is 12.5. The number of fused-ring (bicyclic) bond motifs is 2. The molecule has 128 valence electrons. The predicted molar refractivity (Wildman–Crippen MR) is 93.5 cm³/mol. The van der Waals surface area contributed by atoms with Crippen molar-refractivity contribution in [1.82, 2.24) is 10.2 Å². The highest BCUT2D eigenvalue weighted by Gasteiger charge is 2.31. The Morgan fingerprint density at radius 2 is 2.04 bits per heavy atom. The van der Waals surface area contributed by atoms with Crippen molar-refractivity contribution in [2.75, 3.05) is 13.2 Å². The number of aryl methyl sites for hydroxylation is 1. The number of ether oxygens (including phenoxy) is 1. The first-order valence-electron chi connectivity index (χ1n) is 8.44. The van der Waals surface area contributed by atoms with Crippen LogP contribution in [0.5, 0.6) is 5.75 Å². The Morgan fingerprint density at radius 1 is 1.24 bits per heavy atom. The molecule has 5 nitrogen and oxygen atoms in total. The molecule has 0 unspecified atom stereocenters. The van der Waals surface area contributed by atoms with Crippen molar-refractivity contribution in [3.63, 3.8) is 0 Å². The molecule has 2 amide bonds. The second kappa shape index (κ2) is 5.92. The van der Waals surface area contributed by atoms with Gasteiger partial charge in [-0.05, 0) is 36.6 Å². The summed E-state index contributed by atoms with van der Waals surface area (Å²) in [5.74, 6) is 0.621. The lowest BCUT2D eigenvalue weighted by atomic mass is 10.0. The average Bonchev–Trinajstić information content (AvgIpc) is 3.14. The van der Waals surface area contributed by atoms with Crippen LogP contribution in [0.1, 0.15) is 38.7 Å². The van der Waals surface area contributed by atoms with Gasteiger partial charge < -0.3 is 15.0 Å². The number of carbonyl (C=O) groups excluding carboxylic acids is 2. The molecule has 0 saturated heterocycles. The first-order valence-corrected chi connectivity index (χ1v) is 8.44. The van der Waals surface area contributed by atoms with Gasteiger partial charge in [0.1, 0.15) is 18.9 Å². The van der Waals surface area contributed by atoms with Crippen LogP contribution in [0.15, 0.2) is 36.4 Å². The quantitative estimate of drug-likeness (QED) is 0.937. The Labute approximate surface area is 146 Å². The largest absolute Gasteiger partial charge is 0.490 e. The van der Waals surface area contributed by atoms with Gasteiger partial charge in [-0.2, -0.15) is 0 Å². The topological polar surface area (TPSA) is 58.6 Å². The van der Waals surface area contributed by atoms with E-state index in [1.165, 1.54) is 5.56 Å². The number of hydrogen-bond donors (Lipinski definition) is 1. The first-order chi connectivity index (χ1) is 12.0. The molecule has 0 bridgehead atoms. The lowest BCUT2D eigenvalue weighted by molar-refractivity contribution is -0.122. The van der Waals surface area contributed by atoms with Crippen LogP contribution in [0.2, 0.25) is 0 Å². The summed E-state index contributed by atoms with van der Waals surface area (Å²) < 4.78 is 5.77. The zero-order valence-corrected chi connectivity index (χ0v) is 14.3. The molecular weight excluding hydrogens is 316 g/mol. The summed E-state index contributed by atoms with van der Waals surface area (Å²) in [6, 6.07) is 11.4. The Kier molecular flexibility index (Phi) is 3.71. The molecule has 0 aromatic heterocycles. The molecule has 25 heavy (non-hydrogen) atoms. The highest BCUT2D eigenvalue weighted by atomic mass is 16.5. The van der Waals surface area contributed by atoms with E-state index in [9.17, 15) is 9.59 Å². The van der Waals surface area contributed by atoms with Gasteiger partial charge in [0.25, 0.3) is 5.91 Å². The van der Waals surface area contributed by atoms with Gasteiger partial charge in [0.05, 0.1) is 6.04 Å². The first kappa shape index (κ1) is 15.7. The molecule has 0 spiro atoms. The number of rotatable bonds is 3. The number of benzene rings is 2. The molecule has 0 aliphatic carbocycles. The van der Waals surface area contributed by atoms with E-state index in [-0.39, 0.29) is 24.4 Å². The zero-order valence-electron chi connectivity index (χ0n) is 14.3. The van der Waals surface area contributed by atoms with Crippen LogP contribution >= 0.6 is 0 Å². The smallest absolute Gasteiger partial charge is 0.254 e. The molecule has 0 radical (unpaired) electrons. The van der Waals surface area contributed by atoms with Crippen LogP contribution in [-0.4, -0.2) is 29.9 Å². The van der Waals surface area contributed by atoms with Crippen LogP contribution in [-0.2, 0) is 11.3 Å². The number of nitrogens with zero attached hydrogens (tertiary/aromatic N) is 1. The second-order valence-corrected chi connectivity index (χ2v) is 6.68. The Morgan fingerprint density at radius 3 is 2.84 bits per heavy atom. The lowest BCUT2D eigenvalue weighted by Crippen LogP contribution is -2.39. The molecular formula is C20H20N2O3. The summed E-state index contributed by atoms with van der Waals surface area (Å²) in [5, 5.41) is 3.00. The number of carbonyl (C=O) groups is 2. The third-order valence-corrected chi connectivity index (χ3v) is 5.04. The minimum Gasteiger partial charge on any atom is -0.490 e. The zero-order chi connectivity index (χ0) is 17.6. The summed E-state index contributed by atoms with van der Waals surface area (Å²) in [5.41, 5.74) is 4.95. The Bertz CT molecular complexity index is 875. The minimum absolute atomic E-state index is 0.0597. The van der Waals surface area contributed by atoms with E-state index in [2.05, 4.69) is 5.32 Å². The minimum atomic E-state index is -0.166. The van der Waals surface area contributed by atoms with Crippen LogP contribution < -0.4 is 10.1 Å². The van der Waals surface area contributed by atoms with Gasteiger partial charge in [0, 0.05) is 17.7 Å². The summed E-state index contributed by atoms with van der Waals surface area (Å²) in [4.78, 5) is 26.4. The van der Waals surface area contributed by atoms with E-state index in [1.54, 1.807) is 4.90 Å². The fourth-order valence-electron chi connectivity index (χ4n) is 3.51. The molecule has 2 aliphatic rings. The Hall–Kier alpha value is -2.82. The average molecular weight is 336 g/mol. The van der Waals surface area contributed by atoms with Crippen molar-refractivity contribution in [2.45, 2.75) is 26.4 Å². The third-order valence-electron chi connectivity index (χ3n) is 5.04. The molecule has 4 rings (SSSR count). The second-order valence-electron chi connectivity index (χ2n) is 6.68. The maximum atomic E-state index is 12.5. The summed E-state index contributed by atoms with van der Waals surface area (Å²) in [6.45, 7) is 5.04. The van der Waals surface area contributed by atoms with Gasteiger partial charge >= 0.3 is 0 Å². The van der Waals surface area contributed by atoms with E-state index >= 15 is 0 Å². The fourth-order valence-corrected chi connectivity index (χ4v) is 3.51. The van der Waals surface area contributed by atoms with Gasteiger partial charge in [0.15, 0.2) is 0 Å². The molecule has 5 heteroatoms. The maximum Gasteiger partial charge on any atom is 0.254 e. The molecule has 2 aromatic carbocycles. The predicted octanol–water partition coefficient (Wildman–Crippen LogP) is 2.51. The molecule has 1 N–H and O–H groups in total. The third kappa shape index (κ3) is 2.65. The van der Waals surface area contributed by atoms with Gasteiger partial charge in [-0.25, -0.2) is 0 Å². The van der Waals surface area contributed by atoms with Crippen molar-refractivity contribution >= 4 is 11.8 Å². The number of hydrogen-bond acceptors (Lipinski definition) is 3. The van der Waals surface area contributed by atoms with Crippen LogP contribution in [0.3, 0.4) is 0 Å². The SMILES string of the molecule is Cc1ccc2c(c1C)OC[C@@H]2NC(=O)CN1Cc2ccccc2C1=O. The summed E-state index contributed by atoms with van der Waals surface area (Å²) in [6.07, 6.45) is 0. The van der Waals surface area contributed by atoms with E-state index in [0.29, 0.717) is 18.7 Å². The van der Waals surface area contributed by atoms with Crippen molar-refractivity contribution in [3.8, 4) is 5.75 Å². The molecule has 1 atom stereocenters. The highest BCUT2D eigenvalue weighted by Crippen LogP contribution is 2.36. The molecule has 0 saturated carbocycles. The lowest BCUT2D eigenvalue weighted by Gasteiger charge is -2.17. The number of nitrogens with one attached hydrogen (secondary N) is 1. The fraction of sp³-hybridized carbons (Fsp3) is 0.300. The molecule has 0 fully saturated rings. The standard InChI is InChI=1S/C20H20N2O3/c1-12-7-8-16-17(11-25-19(16)13(12)2)21-18(23)10-22-9-14-5-3-4-6-15(14)20(22)24/h3-8,17H,9-11H2,1-2H3,(H,21,23)/t17-/m0/s1. The summed E-state index contributed by atoms with van der Waals surface area (Å²) >= 11 is 0. The van der Waals surface area contributed by atoms with E-state index in [0.717, 1.165) is 22.4 Å². The monoisotopic (exact) mass is 336 g/mol. The van der Waals surface area contributed by atoms with Crippen molar-refractivity contribution in [1.29, 1.82) is 0 Å². The molecule has 2 aliphatic heterocycles. The number of amides is 2. The summed E-state index contributed by atoms with van der Waals surface area (Å²) in [7, 11) is 0. The van der Waals surface area contributed by atoms with Gasteiger partial charge in [-0.1, -0.05) is 30.3 Å². The molecule has 2 heterocycles. The van der Waals surface area contributed by atoms with Crippen molar-refractivity contribution < 1.29 is 14.3 Å². The van der Waals surface area contributed by atoms with E-state index in [1.807, 2.05) is 50.2 Å². The van der Waals surface area contributed by atoms with Gasteiger partial charge in [0.2, 0.25) is 5.91 Å². The highest BCUT2D eigenvalue weighted by molar-refractivity contribution is 6.00. The Balaban J connectivity index is 1.44. The van der Waals surface area contributed by atoms with Crippen LogP contribution in [0.4, 0.5) is 0 Å². The molecule has 2 aromatic rings.